The number of ether oxygens (including phenoxy) is 1. The summed E-state index contributed by atoms with van der Waals surface area (Å²) in [5, 5.41) is 15.9. The highest BCUT2D eigenvalue weighted by molar-refractivity contribution is 5.67. The maximum Gasteiger partial charge on any atom is 0.409 e. The number of hydrogen-bond acceptors (Lipinski definition) is 5. The zero-order chi connectivity index (χ0) is 12.0. The SMILES string of the molecule is CCOC(=O)N1CCN(/[N+]([O-])=N/OC)CC1. The average Bonchev–Trinajstić information content (AvgIpc) is 2.30. The maximum atomic E-state index is 11.3. The molecule has 1 fully saturated rings. The molecule has 0 aliphatic carbocycles. The standard InChI is InChI=1S/C8H16N4O4/c1-3-16-8(13)10-4-6-11(7-5-10)12(14)9-15-2/h3-7H2,1-2H3/b12-9-. The first kappa shape index (κ1) is 12.3. The van der Waals surface area contributed by atoms with Crippen molar-refractivity contribution in [2.45, 2.75) is 6.92 Å². The second kappa shape index (κ2) is 5.99. The van der Waals surface area contributed by atoms with Crippen LogP contribution in [-0.4, -0.2) is 60.9 Å². The highest BCUT2D eigenvalue weighted by atomic mass is 16.7. The number of amides is 1. The fourth-order valence-corrected chi connectivity index (χ4v) is 1.39. The van der Waals surface area contributed by atoms with Gasteiger partial charge in [0, 0.05) is 13.1 Å². The van der Waals surface area contributed by atoms with Gasteiger partial charge in [0.1, 0.15) is 7.11 Å². The molecule has 1 saturated heterocycles. The Balaban J connectivity index is 2.39. The topological polar surface area (TPSA) is 80.4 Å². The van der Waals surface area contributed by atoms with Gasteiger partial charge in [0.2, 0.25) is 5.28 Å². The van der Waals surface area contributed by atoms with Crippen molar-refractivity contribution >= 4 is 6.09 Å². The lowest BCUT2D eigenvalue weighted by Gasteiger charge is -2.30. The molecular formula is C8H16N4O4. The van der Waals surface area contributed by atoms with E-state index in [-0.39, 0.29) is 6.09 Å². The Bertz CT molecular complexity index is 263. The van der Waals surface area contributed by atoms with Crippen molar-refractivity contribution < 1.29 is 19.3 Å². The van der Waals surface area contributed by atoms with Crippen LogP contribution in [0.15, 0.2) is 5.28 Å². The van der Waals surface area contributed by atoms with Crippen molar-refractivity contribution in [2.24, 2.45) is 5.28 Å². The van der Waals surface area contributed by atoms with E-state index in [0.717, 1.165) is 0 Å². The Hall–Kier alpha value is -1.73. The predicted molar refractivity (Wildman–Crippen MR) is 53.2 cm³/mol. The Morgan fingerprint density at radius 2 is 2.06 bits per heavy atom. The van der Waals surface area contributed by atoms with Crippen molar-refractivity contribution in [1.82, 2.24) is 9.91 Å². The van der Waals surface area contributed by atoms with Crippen LogP contribution in [0.5, 0.6) is 0 Å². The van der Waals surface area contributed by atoms with Crippen LogP contribution in [0.1, 0.15) is 6.92 Å². The quantitative estimate of drug-likeness (QED) is 0.394. The molecule has 1 rings (SSSR count). The molecule has 1 aliphatic rings. The van der Waals surface area contributed by atoms with Crippen molar-refractivity contribution in [3.8, 4) is 0 Å². The molecule has 0 spiro atoms. The number of carbonyl (C=O) groups excluding carboxylic acids is 1. The first-order valence-corrected chi connectivity index (χ1v) is 5.07. The Morgan fingerprint density at radius 1 is 1.44 bits per heavy atom. The van der Waals surface area contributed by atoms with Crippen LogP contribution in [-0.2, 0) is 9.57 Å². The third kappa shape index (κ3) is 3.14. The maximum absolute atomic E-state index is 11.3. The zero-order valence-electron chi connectivity index (χ0n) is 9.46. The summed E-state index contributed by atoms with van der Waals surface area (Å²) in [7, 11) is 1.31. The minimum absolute atomic E-state index is 0.344. The predicted octanol–water partition coefficient (Wildman–Crippen LogP) is 0.199. The molecule has 0 bridgehead atoms. The number of piperazine rings is 1. The molecule has 0 saturated carbocycles. The summed E-state index contributed by atoms with van der Waals surface area (Å²) < 4.78 is 4.85. The summed E-state index contributed by atoms with van der Waals surface area (Å²) in [6, 6.07) is 0. The summed E-state index contributed by atoms with van der Waals surface area (Å²) in [6.07, 6.45) is -0.344. The van der Waals surface area contributed by atoms with E-state index in [1.54, 1.807) is 11.8 Å². The highest BCUT2D eigenvalue weighted by Gasteiger charge is 2.25. The van der Waals surface area contributed by atoms with Crippen LogP contribution in [0, 0.1) is 5.21 Å². The third-order valence-electron chi connectivity index (χ3n) is 2.18. The van der Waals surface area contributed by atoms with Crippen molar-refractivity contribution in [1.29, 1.82) is 0 Å². The van der Waals surface area contributed by atoms with Crippen LogP contribution in [0.4, 0.5) is 4.79 Å². The van der Waals surface area contributed by atoms with Gasteiger partial charge < -0.3 is 19.7 Å². The molecule has 1 aliphatic heterocycles. The number of rotatable bonds is 3. The van der Waals surface area contributed by atoms with Crippen LogP contribution in [0.2, 0.25) is 0 Å². The van der Waals surface area contributed by atoms with Gasteiger partial charge in [-0.3, -0.25) is 0 Å². The zero-order valence-corrected chi connectivity index (χ0v) is 9.46. The van der Waals surface area contributed by atoms with Gasteiger partial charge in [0.15, 0.2) is 0 Å². The van der Waals surface area contributed by atoms with Gasteiger partial charge in [-0.25, -0.2) is 4.79 Å². The van der Waals surface area contributed by atoms with E-state index >= 15 is 0 Å². The summed E-state index contributed by atoms with van der Waals surface area (Å²) in [5.74, 6) is 0. The van der Waals surface area contributed by atoms with Crippen molar-refractivity contribution in [3.63, 3.8) is 0 Å². The summed E-state index contributed by atoms with van der Waals surface area (Å²) in [6.45, 7) is 3.81. The average molecular weight is 232 g/mol. The van der Waals surface area contributed by atoms with Gasteiger partial charge in [0.05, 0.1) is 24.7 Å². The number of carbonyl (C=O) groups is 1. The van der Waals surface area contributed by atoms with Gasteiger partial charge in [-0.15, -0.1) is 5.01 Å². The molecule has 8 heteroatoms. The monoisotopic (exact) mass is 232 g/mol. The highest BCUT2D eigenvalue weighted by Crippen LogP contribution is 2.04. The van der Waals surface area contributed by atoms with Gasteiger partial charge >= 0.3 is 6.09 Å². The Kier molecular flexibility index (Phi) is 4.62. The first-order chi connectivity index (χ1) is 7.69. The lowest BCUT2D eigenvalue weighted by molar-refractivity contribution is -0.711. The van der Waals surface area contributed by atoms with Gasteiger partial charge in [-0.2, -0.15) is 0 Å². The number of nitrogens with zero attached hydrogens (tertiary/aromatic N) is 4. The van der Waals surface area contributed by atoms with Gasteiger partial charge in [0.25, 0.3) is 0 Å². The minimum Gasteiger partial charge on any atom is -0.569 e. The molecule has 0 aromatic heterocycles. The molecule has 16 heavy (non-hydrogen) atoms. The molecule has 92 valence electrons. The van der Waals surface area contributed by atoms with E-state index in [2.05, 4.69) is 10.1 Å². The molecular weight excluding hydrogens is 216 g/mol. The first-order valence-electron chi connectivity index (χ1n) is 5.07. The fraction of sp³-hybridized carbons (Fsp3) is 0.875. The van der Waals surface area contributed by atoms with Crippen molar-refractivity contribution in [3.05, 3.63) is 5.21 Å². The van der Waals surface area contributed by atoms with E-state index in [1.807, 2.05) is 0 Å². The second-order valence-corrected chi connectivity index (χ2v) is 3.16. The van der Waals surface area contributed by atoms with E-state index < -0.39 is 0 Å². The lowest BCUT2D eigenvalue weighted by atomic mass is 10.4. The smallest absolute Gasteiger partial charge is 0.409 e. The summed E-state index contributed by atoms with van der Waals surface area (Å²) in [4.78, 5) is 17.7. The molecule has 0 aromatic carbocycles. The second-order valence-electron chi connectivity index (χ2n) is 3.16. The molecule has 0 N–H and O–H groups in total. The Labute approximate surface area is 93.5 Å². The van der Waals surface area contributed by atoms with Gasteiger partial charge in [-0.05, 0) is 6.92 Å². The lowest BCUT2D eigenvalue weighted by Crippen LogP contribution is -2.50. The molecule has 0 unspecified atom stereocenters. The number of hydrazine groups is 1. The normalized spacial score (nSPS) is 17.2. The minimum atomic E-state index is -0.344. The van der Waals surface area contributed by atoms with Gasteiger partial charge in [-0.1, -0.05) is 0 Å². The van der Waals surface area contributed by atoms with Crippen molar-refractivity contribution in [2.75, 3.05) is 39.9 Å². The molecule has 0 aromatic rings. The third-order valence-corrected chi connectivity index (χ3v) is 2.18. The van der Waals surface area contributed by atoms with Crippen LogP contribution >= 0.6 is 0 Å². The Morgan fingerprint density at radius 3 is 2.56 bits per heavy atom. The number of hydrogen-bond donors (Lipinski definition) is 0. The summed E-state index contributed by atoms with van der Waals surface area (Å²) >= 11 is 0. The molecule has 1 heterocycles. The molecule has 0 radical (unpaired) electrons. The van der Waals surface area contributed by atoms with E-state index in [4.69, 9.17) is 4.74 Å². The molecule has 1 amide bonds. The fourth-order valence-electron chi connectivity index (χ4n) is 1.39. The molecule has 0 atom stereocenters. The van der Waals surface area contributed by atoms with Crippen LogP contribution < -0.4 is 0 Å². The van der Waals surface area contributed by atoms with E-state index in [1.165, 1.54) is 12.1 Å². The van der Waals surface area contributed by atoms with Crippen LogP contribution in [0.3, 0.4) is 0 Å². The van der Waals surface area contributed by atoms with E-state index in [0.29, 0.717) is 37.8 Å². The van der Waals surface area contributed by atoms with E-state index in [9.17, 15) is 10.0 Å². The largest absolute Gasteiger partial charge is 0.569 e. The molecule has 8 nitrogen and oxygen atoms in total. The summed E-state index contributed by atoms with van der Waals surface area (Å²) in [5.41, 5.74) is 0. The van der Waals surface area contributed by atoms with Crippen LogP contribution in [0.25, 0.3) is 0 Å².